The highest BCUT2D eigenvalue weighted by molar-refractivity contribution is 7.98. The van der Waals surface area contributed by atoms with Crippen LogP contribution in [0.2, 0.25) is 0 Å². The number of hydrogen-bond donors (Lipinski definition) is 1. The van der Waals surface area contributed by atoms with Crippen molar-refractivity contribution in [2.24, 2.45) is 0 Å². The van der Waals surface area contributed by atoms with Gasteiger partial charge in [-0.1, -0.05) is 47.3 Å². The number of thioether (sulfide) groups is 1. The molecule has 0 unspecified atom stereocenters. The van der Waals surface area contributed by atoms with Crippen LogP contribution in [0, 0.1) is 19.7 Å². The Morgan fingerprint density at radius 3 is 2.42 bits per heavy atom. The van der Waals surface area contributed by atoms with Gasteiger partial charge in [0.2, 0.25) is 0 Å². The highest BCUT2D eigenvalue weighted by Gasteiger charge is 2.22. The smallest absolute Gasteiger partial charge is 0.278 e. The summed E-state index contributed by atoms with van der Waals surface area (Å²) in [5, 5.41) is 11.4. The number of nitrogens with zero attached hydrogens (tertiary/aromatic N) is 5. The van der Waals surface area contributed by atoms with Gasteiger partial charge in [0.15, 0.2) is 10.9 Å². The minimum absolute atomic E-state index is 0.0815. The number of aromatic nitrogens is 5. The first-order valence-electron chi connectivity index (χ1n) is 9.52. The van der Waals surface area contributed by atoms with Gasteiger partial charge in [-0.15, -0.1) is 5.10 Å². The highest BCUT2D eigenvalue weighted by Crippen LogP contribution is 2.24. The normalized spacial score (nSPS) is 10.8. The first kappa shape index (κ1) is 20.7. The van der Waals surface area contributed by atoms with Crippen LogP contribution in [-0.4, -0.2) is 30.9 Å². The molecule has 4 rings (SSSR count). The molecule has 0 spiro atoms. The lowest BCUT2D eigenvalue weighted by molar-refractivity contribution is 0.102. The molecule has 9 heteroatoms. The standard InChI is InChI=1S/C22H19FN6OS/c1-14-12-15(2)25-22(24-14)31-13-19-20(21(30)26-18-11-7-6-10-17(18)23)27-28-29(19)16-8-4-3-5-9-16/h3-12H,13H2,1-2H3,(H,26,30). The van der Waals surface area contributed by atoms with Crippen LogP contribution in [0.1, 0.15) is 27.6 Å². The average molecular weight is 435 g/mol. The molecule has 1 N–H and O–H groups in total. The van der Waals surface area contributed by atoms with Crippen LogP contribution >= 0.6 is 11.8 Å². The molecule has 0 atom stereocenters. The fraction of sp³-hybridized carbons (Fsp3) is 0.136. The van der Waals surface area contributed by atoms with Crippen molar-refractivity contribution < 1.29 is 9.18 Å². The first-order chi connectivity index (χ1) is 15.0. The topological polar surface area (TPSA) is 85.6 Å². The van der Waals surface area contributed by atoms with Crippen molar-refractivity contribution in [2.45, 2.75) is 24.8 Å². The highest BCUT2D eigenvalue weighted by atomic mass is 32.2. The van der Waals surface area contributed by atoms with Crippen molar-refractivity contribution in [2.75, 3.05) is 5.32 Å². The summed E-state index contributed by atoms with van der Waals surface area (Å²) >= 11 is 1.38. The van der Waals surface area contributed by atoms with Crippen LogP contribution in [0.4, 0.5) is 10.1 Å². The molecule has 4 aromatic rings. The van der Waals surface area contributed by atoms with Gasteiger partial charge in [-0.3, -0.25) is 4.79 Å². The largest absolute Gasteiger partial charge is 0.318 e. The molecular formula is C22H19FN6OS. The van der Waals surface area contributed by atoms with Gasteiger partial charge in [0, 0.05) is 17.1 Å². The van der Waals surface area contributed by atoms with Crippen molar-refractivity contribution in [3.8, 4) is 5.69 Å². The maximum atomic E-state index is 14.0. The van der Waals surface area contributed by atoms with Crippen molar-refractivity contribution in [3.63, 3.8) is 0 Å². The Kier molecular flexibility index (Phi) is 6.03. The molecule has 0 fully saturated rings. The average Bonchev–Trinajstić information content (AvgIpc) is 3.18. The summed E-state index contributed by atoms with van der Waals surface area (Å²) < 4.78 is 15.6. The Morgan fingerprint density at radius 2 is 1.71 bits per heavy atom. The van der Waals surface area contributed by atoms with E-state index in [1.807, 2.05) is 50.2 Å². The van der Waals surface area contributed by atoms with E-state index in [1.165, 1.54) is 23.9 Å². The van der Waals surface area contributed by atoms with E-state index >= 15 is 0 Å². The number of para-hydroxylation sites is 2. The Hall–Kier alpha value is -3.59. The molecule has 0 aliphatic rings. The maximum absolute atomic E-state index is 14.0. The van der Waals surface area contributed by atoms with Crippen molar-refractivity contribution in [1.82, 2.24) is 25.0 Å². The number of rotatable bonds is 6. The van der Waals surface area contributed by atoms with Gasteiger partial charge in [0.05, 0.1) is 17.1 Å². The number of nitrogens with one attached hydrogen (secondary N) is 1. The summed E-state index contributed by atoms with van der Waals surface area (Å²) in [7, 11) is 0. The van der Waals surface area contributed by atoms with Gasteiger partial charge in [-0.05, 0) is 44.2 Å². The third-order valence-corrected chi connectivity index (χ3v) is 5.26. The van der Waals surface area contributed by atoms with E-state index in [0.717, 1.165) is 17.1 Å². The Balaban J connectivity index is 1.67. The van der Waals surface area contributed by atoms with E-state index in [2.05, 4.69) is 25.6 Å². The molecule has 7 nitrogen and oxygen atoms in total. The predicted octanol–water partition coefficient (Wildman–Crippen LogP) is 4.36. The zero-order valence-electron chi connectivity index (χ0n) is 16.9. The quantitative estimate of drug-likeness (QED) is 0.359. The molecule has 2 aromatic heterocycles. The minimum atomic E-state index is -0.538. The second kappa shape index (κ2) is 9.05. The molecule has 1 amide bonds. The lowest BCUT2D eigenvalue weighted by Gasteiger charge is -2.09. The third kappa shape index (κ3) is 4.77. The lowest BCUT2D eigenvalue weighted by Crippen LogP contribution is -2.16. The molecule has 2 aromatic carbocycles. The summed E-state index contributed by atoms with van der Waals surface area (Å²) in [5.74, 6) is -0.708. The molecule has 0 radical (unpaired) electrons. The zero-order chi connectivity index (χ0) is 21.8. The number of aryl methyl sites for hydroxylation is 2. The summed E-state index contributed by atoms with van der Waals surface area (Å²) in [5.41, 5.74) is 3.25. The number of anilines is 1. The molecular weight excluding hydrogens is 415 g/mol. The van der Waals surface area contributed by atoms with Crippen molar-refractivity contribution in [3.05, 3.63) is 89.3 Å². The van der Waals surface area contributed by atoms with E-state index in [9.17, 15) is 9.18 Å². The van der Waals surface area contributed by atoms with Crippen LogP contribution in [0.15, 0.2) is 65.8 Å². The Morgan fingerprint density at radius 1 is 1.03 bits per heavy atom. The summed E-state index contributed by atoms with van der Waals surface area (Å²) in [6.45, 7) is 3.81. The second-order valence-corrected chi connectivity index (χ2v) is 7.73. The van der Waals surface area contributed by atoms with E-state index in [0.29, 0.717) is 16.6 Å². The van der Waals surface area contributed by atoms with E-state index in [1.54, 1.807) is 16.8 Å². The van der Waals surface area contributed by atoms with Gasteiger partial charge in [-0.25, -0.2) is 19.0 Å². The summed E-state index contributed by atoms with van der Waals surface area (Å²) in [4.78, 5) is 21.8. The second-order valence-electron chi connectivity index (χ2n) is 6.79. The van der Waals surface area contributed by atoms with E-state index < -0.39 is 11.7 Å². The van der Waals surface area contributed by atoms with E-state index in [4.69, 9.17) is 0 Å². The van der Waals surface area contributed by atoms with Crippen LogP contribution in [0.5, 0.6) is 0 Å². The molecule has 0 aliphatic heterocycles. The molecule has 156 valence electrons. The molecule has 0 aliphatic carbocycles. The Labute approximate surface area is 182 Å². The predicted molar refractivity (Wildman–Crippen MR) is 117 cm³/mol. The van der Waals surface area contributed by atoms with E-state index in [-0.39, 0.29) is 11.4 Å². The number of amides is 1. The van der Waals surface area contributed by atoms with Crippen molar-refractivity contribution in [1.29, 1.82) is 0 Å². The van der Waals surface area contributed by atoms with Gasteiger partial charge < -0.3 is 5.32 Å². The fourth-order valence-corrected chi connectivity index (χ4v) is 3.96. The third-order valence-electron chi connectivity index (χ3n) is 4.40. The van der Waals surface area contributed by atoms with Crippen LogP contribution in [-0.2, 0) is 5.75 Å². The molecule has 0 saturated carbocycles. The zero-order valence-corrected chi connectivity index (χ0v) is 17.7. The van der Waals surface area contributed by atoms with Gasteiger partial charge in [0.25, 0.3) is 5.91 Å². The van der Waals surface area contributed by atoms with Crippen LogP contribution < -0.4 is 5.32 Å². The first-order valence-corrected chi connectivity index (χ1v) is 10.5. The SMILES string of the molecule is Cc1cc(C)nc(SCc2c(C(=O)Nc3ccccc3F)nnn2-c2ccccc2)n1. The van der Waals surface area contributed by atoms with Gasteiger partial charge in [0.1, 0.15) is 5.82 Å². The fourth-order valence-electron chi connectivity index (χ4n) is 3.02. The van der Waals surface area contributed by atoms with Crippen LogP contribution in [0.25, 0.3) is 5.69 Å². The number of benzene rings is 2. The number of hydrogen-bond acceptors (Lipinski definition) is 6. The molecule has 0 bridgehead atoms. The maximum Gasteiger partial charge on any atom is 0.278 e. The lowest BCUT2D eigenvalue weighted by atomic mass is 10.2. The monoisotopic (exact) mass is 434 g/mol. The number of carbonyl (C=O) groups is 1. The number of halogens is 1. The number of carbonyl (C=O) groups excluding carboxylic acids is 1. The van der Waals surface area contributed by atoms with Gasteiger partial charge >= 0.3 is 0 Å². The summed E-state index contributed by atoms with van der Waals surface area (Å²) in [6.07, 6.45) is 0. The van der Waals surface area contributed by atoms with Crippen LogP contribution in [0.3, 0.4) is 0 Å². The summed E-state index contributed by atoms with van der Waals surface area (Å²) in [6, 6.07) is 17.3. The minimum Gasteiger partial charge on any atom is -0.318 e. The Bertz CT molecular complexity index is 1210. The molecule has 0 saturated heterocycles. The molecule has 2 heterocycles. The molecule has 31 heavy (non-hydrogen) atoms. The van der Waals surface area contributed by atoms with Gasteiger partial charge in [-0.2, -0.15) is 0 Å². The van der Waals surface area contributed by atoms with Crippen molar-refractivity contribution >= 4 is 23.4 Å².